The number of hydrogen-bond donors (Lipinski definition) is 3. The zero-order chi connectivity index (χ0) is 17.0. The highest BCUT2D eigenvalue weighted by Gasteiger charge is 2.19. The van der Waals surface area contributed by atoms with E-state index in [-0.39, 0.29) is 18.6 Å². The molecule has 0 saturated carbocycles. The Kier molecular flexibility index (Phi) is 5.00. The number of aromatic nitrogens is 2. The second kappa shape index (κ2) is 6.78. The Morgan fingerprint density at radius 3 is 2.48 bits per heavy atom. The van der Waals surface area contributed by atoms with Crippen molar-refractivity contribution in [3.8, 4) is 11.5 Å². The van der Waals surface area contributed by atoms with Crippen LogP contribution in [0.4, 0.5) is 10.5 Å². The fraction of sp³-hybridized carbons (Fsp3) is 0.438. The molecular formula is C16H22N4O3. The third-order valence-electron chi connectivity index (χ3n) is 3.20. The van der Waals surface area contributed by atoms with Crippen molar-refractivity contribution in [3.63, 3.8) is 0 Å². The van der Waals surface area contributed by atoms with Gasteiger partial charge in [0.2, 0.25) is 0 Å². The molecule has 0 aliphatic carbocycles. The maximum Gasteiger partial charge on any atom is 0.319 e. The van der Waals surface area contributed by atoms with Crippen LogP contribution in [0.1, 0.15) is 39.4 Å². The van der Waals surface area contributed by atoms with Crippen LogP contribution in [0.15, 0.2) is 28.8 Å². The third-order valence-corrected chi connectivity index (χ3v) is 3.20. The normalized spacial score (nSPS) is 11.6. The molecule has 7 nitrogen and oxygen atoms in total. The van der Waals surface area contributed by atoms with Gasteiger partial charge in [0.05, 0.1) is 12.1 Å². The minimum Gasteiger partial charge on any atom is -0.394 e. The summed E-state index contributed by atoms with van der Waals surface area (Å²) in [5.74, 6) is 1.31. The summed E-state index contributed by atoms with van der Waals surface area (Å²) in [6.07, 6.45) is 0. The Labute approximate surface area is 135 Å². The molecule has 2 amide bonds. The largest absolute Gasteiger partial charge is 0.394 e. The predicted molar refractivity (Wildman–Crippen MR) is 87.1 cm³/mol. The van der Waals surface area contributed by atoms with E-state index in [1.54, 1.807) is 38.1 Å². The first kappa shape index (κ1) is 17.0. The molecule has 124 valence electrons. The number of carbonyl (C=O) groups is 1. The van der Waals surface area contributed by atoms with Gasteiger partial charge in [-0.1, -0.05) is 19.0 Å². The molecule has 0 aliphatic rings. The molecule has 0 bridgehead atoms. The van der Waals surface area contributed by atoms with Crippen LogP contribution >= 0.6 is 0 Å². The standard InChI is InChI=1S/C16H22N4O3/c1-10(2)13-18-14(23-20-13)11-5-7-12(8-6-11)17-15(22)19-16(3,4)9-21/h5-8,10,21H,9H2,1-4H3,(H2,17,19,22). The molecular weight excluding hydrogens is 296 g/mol. The molecule has 0 radical (unpaired) electrons. The lowest BCUT2D eigenvalue weighted by Crippen LogP contribution is -2.48. The van der Waals surface area contributed by atoms with Crippen LogP contribution in [0.5, 0.6) is 0 Å². The van der Waals surface area contributed by atoms with Crippen LogP contribution in [0.3, 0.4) is 0 Å². The van der Waals surface area contributed by atoms with Gasteiger partial charge >= 0.3 is 6.03 Å². The molecule has 0 fully saturated rings. The highest BCUT2D eigenvalue weighted by Crippen LogP contribution is 2.21. The van der Waals surface area contributed by atoms with E-state index in [4.69, 9.17) is 9.63 Å². The number of carbonyl (C=O) groups excluding carboxylic acids is 1. The van der Waals surface area contributed by atoms with Gasteiger partial charge < -0.3 is 20.3 Å². The van der Waals surface area contributed by atoms with E-state index in [0.29, 0.717) is 17.4 Å². The highest BCUT2D eigenvalue weighted by molar-refractivity contribution is 5.89. The van der Waals surface area contributed by atoms with Crippen LogP contribution in [-0.4, -0.2) is 33.4 Å². The monoisotopic (exact) mass is 318 g/mol. The van der Waals surface area contributed by atoms with E-state index in [1.165, 1.54) is 0 Å². The summed E-state index contributed by atoms with van der Waals surface area (Å²) < 4.78 is 5.22. The van der Waals surface area contributed by atoms with Crippen LogP contribution < -0.4 is 10.6 Å². The first-order valence-electron chi connectivity index (χ1n) is 7.45. The number of nitrogens with zero attached hydrogens (tertiary/aromatic N) is 2. The van der Waals surface area contributed by atoms with Crippen LogP contribution in [0.2, 0.25) is 0 Å². The summed E-state index contributed by atoms with van der Waals surface area (Å²) in [6.45, 7) is 7.31. The van der Waals surface area contributed by atoms with Gasteiger partial charge in [-0.05, 0) is 38.1 Å². The molecule has 1 heterocycles. The molecule has 23 heavy (non-hydrogen) atoms. The van der Waals surface area contributed by atoms with Crippen molar-refractivity contribution in [2.24, 2.45) is 0 Å². The number of rotatable bonds is 5. The number of aliphatic hydroxyl groups is 1. The van der Waals surface area contributed by atoms with Crippen molar-refractivity contribution in [3.05, 3.63) is 30.1 Å². The molecule has 0 unspecified atom stereocenters. The van der Waals surface area contributed by atoms with E-state index in [9.17, 15) is 4.79 Å². The van der Waals surface area contributed by atoms with Gasteiger partial charge in [-0.3, -0.25) is 0 Å². The average molecular weight is 318 g/mol. The molecule has 2 rings (SSSR count). The topological polar surface area (TPSA) is 100 Å². The highest BCUT2D eigenvalue weighted by atomic mass is 16.5. The van der Waals surface area contributed by atoms with Crippen molar-refractivity contribution in [2.75, 3.05) is 11.9 Å². The van der Waals surface area contributed by atoms with Gasteiger partial charge in [-0.25, -0.2) is 4.79 Å². The molecule has 0 spiro atoms. The zero-order valence-corrected chi connectivity index (χ0v) is 13.8. The fourth-order valence-electron chi connectivity index (χ4n) is 1.79. The lowest BCUT2D eigenvalue weighted by molar-refractivity contribution is 0.187. The van der Waals surface area contributed by atoms with Gasteiger partial charge in [-0.2, -0.15) is 4.98 Å². The van der Waals surface area contributed by atoms with Crippen LogP contribution in [-0.2, 0) is 0 Å². The van der Waals surface area contributed by atoms with Gasteiger partial charge in [-0.15, -0.1) is 0 Å². The van der Waals surface area contributed by atoms with Crippen molar-refractivity contribution in [1.29, 1.82) is 0 Å². The second-order valence-corrected chi connectivity index (χ2v) is 6.31. The van der Waals surface area contributed by atoms with Crippen molar-refractivity contribution in [1.82, 2.24) is 15.5 Å². The lowest BCUT2D eigenvalue weighted by Gasteiger charge is -2.23. The van der Waals surface area contributed by atoms with E-state index in [0.717, 1.165) is 5.56 Å². The molecule has 0 saturated heterocycles. The molecule has 0 aliphatic heterocycles. The minimum atomic E-state index is -0.680. The lowest BCUT2D eigenvalue weighted by atomic mass is 10.1. The number of hydrogen-bond acceptors (Lipinski definition) is 5. The maximum absolute atomic E-state index is 11.8. The van der Waals surface area contributed by atoms with Gasteiger partial charge in [0.1, 0.15) is 0 Å². The van der Waals surface area contributed by atoms with E-state index in [1.807, 2.05) is 13.8 Å². The Bertz CT molecular complexity index is 662. The van der Waals surface area contributed by atoms with Crippen LogP contribution in [0.25, 0.3) is 11.5 Å². The van der Waals surface area contributed by atoms with Crippen molar-refractivity contribution < 1.29 is 14.4 Å². The zero-order valence-electron chi connectivity index (χ0n) is 13.8. The Hall–Kier alpha value is -2.41. The number of benzene rings is 1. The summed E-state index contributed by atoms with van der Waals surface area (Å²) in [5.41, 5.74) is 0.732. The molecule has 1 aromatic heterocycles. The molecule has 2 aromatic rings. The Morgan fingerprint density at radius 2 is 1.96 bits per heavy atom. The molecule has 3 N–H and O–H groups in total. The summed E-state index contributed by atoms with van der Waals surface area (Å²) >= 11 is 0. The van der Waals surface area contributed by atoms with Gasteiger partial charge in [0.15, 0.2) is 5.82 Å². The number of urea groups is 1. The quantitative estimate of drug-likeness (QED) is 0.787. The van der Waals surface area contributed by atoms with Crippen molar-refractivity contribution in [2.45, 2.75) is 39.2 Å². The fourth-order valence-corrected chi connectivity index (χ4v) is 1.79. The smallest absolute Gasteiger partial charge is 0.319 e. The van der Waals surface area contributed by atoms with E-state index < -0.39 is 5.54 Å². The number of anilines is 1. The Morgan fingerprint density at radius 1 is 1.30 bits per heavy atom. The summed E-state index contributed by atoms with van der Waals surface area (Å²) in [4.78, 5) is 16.2. The predicted octanol–water partition coefficient (Wildman–Crippen LogP) is 2.75. The number of nitrogens with one attached hydrogen (secondary N) is 2. The minimum absolute atomic E-state index is 0.144. The average Bonchev–Trinajstić information content (AvgIpc) is 2.97. The third kappa shape index (κ3) is 4.53. The number of amides is 2. The summed E-state index contributed by atoms with van der Waals surface area (Å²) in [5, 5.41) is 18.5. The maximum atomic E-state index is 11.8. The molecule has 0 atom stereocenters. The van der Waals surface area contributed by atoms with Crippen molar-refractivity contribution >= 4 is 11.7 Å². The van der Waals surface area contributed by atoms with Gasteiger partial charge in [0, 0.05) is 17.2 Å². The first-order valence-corrected chi connectivity index (χ1v) is 7.45. The number of aliphatic hydroxyl groups excluding tert-OH is 1. The first-order chi connectivity index (χ1) is 10.8. The SMILES string of the molecule is CC(C)c1noc(-c2ccc(NC(=O)NC(C)(C)CO)cc2)n1. The summed E-state index contributed by atoms with van der Waals surface area (Å²) in [7, 11) is 0. The summed E-state index contributed by atoms with van der Waals surface area (Å²) in [6, 6.07) is 6.71. The van der Waals surface area contributed by atoms with Gasteiger partial charge in [0.25, 0.3) is 5.89 Å². The molecule has 1 aromatic carbocycles. The van der Waals surface area contributed by atoms with Crippen LogP contribution in [0, 0.1) is 0 Å². The van der Waals surface area contributed by atoms with E-state index >= 15 is 0 Å². The molecule has 7 heteroatoms. The Balaban J connectivity index is 2.03. The second-order valence-electron chi connectivity index (χ2n) is 6.31. The van der Waals surface area contributed by atoms with E-state index in [2.05, 4.69) is 20.8 Å².